The van der Waals surface area contributed by atoms with Crippen LogP contribution in [0.4, 0.5) is 8.78 Å². The molecule has 1 amide bonds. The maximum atomic E-state index is 14.6. The van der Waals surface area contributed by atoms with Gasteiger partial charge in [0, 0.05) is 30.0 Å². The van der Waals surface area contributed by atoms with Crippen LogP contribution in [0.3, 0.4) is 0 Å². The Morgan fingerprint density at radius 3 is 2.58 bits per heavy atom. The normalized spacial score (nSPS) is 18.8. The summed E-state index contributed by atoms with van der Waals surface area (Å²) in [5, 5.41) is 15.9. The van der Waals surface area contributed by atoms with E-state index in [1.54, 1.807) is 17.8 Å². The number of ether oxygens (including phenoxy) is 2. The van der Waals surface area contributed by atoms with Gasteiger partial charge in [0.05, 0.1) is 35.7 Å². The average molecular weight is 688 g/mol. The van der Waals surface area contributed by atoms with E-state index in [2.05, 4.69) is 25.4 Å². The molecule has 2 aliphatic carbocycles. The highest BCUT2D eigenvalue weighted by molar-refractivity contribution is 7.13. The van der Waals surface area contributed by atoms with Crippen LogP contribution in [0, 0.1) is 17.7 Å². The summed E-state index contributed by atoms with van der Waals surface area (Å²) in [7, 11) is 0. The van der Waals surface area contributed by atoms with Crippen molar-refractivity contribution < 1.29 is 37.7 Å². The maximum absolute atomic E-state index is 14.6. The number of rotatable bonds is 11. The van der Waals surface area contributed by atoms with Gasteiger partial charge in [-0.15, -0.1) is 11.3 Å². The van der Waals surface area contributed by atoms with Crippen LogP contribution in [0.25, 0.3) is 16.3 Å². The number of aliphatic imine (C=N–C) groups is 1. The molecule has 2 saturated carbocycles. The van der Waals surface area contributed by atoms with Gasteiger partial charge in [-0.3, -0.25) is 19.4 Å². The average Bonchev–Trinajstić information content (AvgIpc) is 3.78. The number of pyridine rings is 1. The van der Waals surface area contributed by atoms with Crippen molar-refractivity contribution in [3.8, 4) is 10.6 Å². The molecule has 0 aliphatic heterocycles. The van der Waals surface area contributed by atoms with E-state index in [9.17, 15) is 18.4 Å². The summed E-state index contributed by atoms with van der Waals surface area (Å²) < 4.78 is 41.1. The van der Waals surface area contributed by atoms with Gasteiger partial charge in [0.2, 0.25) is 5.95 Å². The highest BCUT2D eigenvalue weighted by atomic mass is 32.1. The van der Waals surface area contributed by atoms with Crippen molar-refractivity contribution in [2.24, 2.45) is 16.6 Å². The van der Waals surface area contributed by atoms with Gasteiger partial charge in [-0.05, 0) is 57.6 Å². The number of aromatic nitrogens is 4. The maximum Gasteiger partial charge on any atom is 0.310 e. The number of nitrogens with zero attached hydrogens (tertiary/aromatic N) is 5. The van der Waals surface area contributed by atoms with Crippen molar-refractivity contribution >= 4 is 41.6 Å². The zero-order valence-electron chi connectivity index (χ0n) is 26.5. The fourth-order valence-electron chi connectivity index (χ4n) is 5.51. The summed E-state index contributed by atoms with van der Waals surface area (Å²) in [6.45, 7) is 2.34. The molecule has 5 rings (SSSR count). The molecule has 0 radical (unpaired) electrons. The minimum Gasteiger partial charge on any atom is -0.483 e. The third-order valence-electron chi connectivity index (χ3n) is 7.96. The van der Waals surface area contributed by atoms with Gasteiger partial charge in [-0.1, -0.05) is 19.3 Å². The second kappa shape index (κ2) is 18.1. The number of allylic oxidation sites excluding steroid dienone is 1. The number of nitrogens with two attached hydrogens (primary N) is 1. The number of carboxylic acid groups (broad SMARTS) is 1. The largest absolute Gasteiger partial charge is 0.483 e. The fraction of sp³-hybridized carbons (Fsp3) is 0.469. The van der Waals surface area contributed by atoms with Crippen molar-refractivity contribution in [3.05, 3.63) is 58.8 Å². The van der Waals surface area contributed by atoms with Crippen LogP contribution in [0.5, 0.6) is 0 Å². The summed E-state index contributed by atoms with van der Waals surface area (Å²) in [6.07, 6.45) is 13.0. The van der Waals surface area contributed by atoms with Gasteiger partial charge < -0.3 is 25.6 Å². The highest BCUT2D eigenvalue weighted by Gasteiger charge is 2.24. The Morgan fingerprint density at radius 2 is 1.88 bits per heavy atom. The van der Waals surface area contributed by atoms with Crippen LogP contribution in [-0.4, -0.2) is 68.2 Å². The summed E-state index contributed by atoms with van der Waals surface area (Å²) >= 11 is 1.22. The first kappa shape index (κ1) is 36.3. The van der Waals surface area contributed by atoms with Gasteiger partial charge in [0.15, 0.2) is 12.5 Å². The molecule has 0 atom stereocenters. The van der Waals surface area contributed by atoms with Crippen LogP contribution >= 0.6 is 11.3 Å². The third-order valence-corrected chi connectivity index (χ3v) is 8.85. The van der Waals surface area contributed by atoms with Crippen molar-refractivity contribution in [2.45, 2.75) is 83.6 Å². The number of carbonyl (C=O) groups is 3. The first-order valence-electron chi connectivity index (χ1n) is 15.7. The summed E-state index contributed by atoms with van der Waals surface area (Å²) in [5.41, 5.74) is 6.21. The van der Waals surface area contributed by atoms with E-state index in [-0.39, 0.29) is 54.3 Å². The summed E-state index contributed by atoms with van der Waals surface area (Å²) in [4.78, 5) is 46.6. The lowest BCUT2D eigenvalue weighted by Gasteiger charge is -2.26. The van der Waals surface area contributed by atoms with E-state index in [4.69, 9.17) is 25.1 Å². The van der Waals surface area contributed by atoms with E-state index >= 15 is 0 Å². The number of hydrogen-bond acceptors (Lipinski definition) is 11. The van der Waals surface area contributed by atoms with E-state index in [1.165, 1.54) is 22.2 Å². The molecule has 48 heavy (non-hydrogen) atoms. The predicted molar refractivity (Wildman–Crippen MR) is 174 cm³/mol. The van der Waals surface area contributed by atoms with Crippen LogP contribution < -0.4 is 11.1 Å². The number of esters is 1. The minimum absolute atomic E-state index is 0.0151. The Balaban J connectivity index is 0.00000167. The lowest BCUT2D eigenvalue weighted by molar-refractivity contribution is -0.154. The van der Waals surface area contributed by atoms with E-state index in [1.807, 2.05) is 6.92 Å². The zero-order valence-corrected chi connectivity index (χ0v) is 27.3. The Hall–Kier alpha value is -4.57. The summed E-state index contributed by atoms with van der Waals surface area (Å²) in [5.74, 6) is -2.65. The van der Waals surface area contributed by atoms with Crippen LogP contribution in [0.1, 0.15) is 80.9 Å². The van der Waals surface area contributed by atoms with Crippen LogP contribution in [0.15, 0.2) is 40.6 Å². The number of thiazole rings is 1. The van der Waals surface area contributed by atoms with Crippen molar-refractivity contribution in [1.29, 1.82) is 0 Å². The Kier molecular flexibility index (Phi) is 13.7. The lowest BCUT2D eigenvalue weighted by atomic mass is 9.89. The second-order valence-electron chi connectivity index (χ2n) is 11.2. The Bertz CT molecular complexity index is 1600. The van der Waals surface area contributed by atoms with E-state index < -0.39 is 23.4 Å². The molecule has 3 heterocycles. The zero-order chi connectivity index (χ0) is 34.5. The highest BCUT2D eigenvalue weighted by Crippen LogP contribution is 2.27. The van der Waals surface area contributed by atoms with Gasteiger partial charge in [-0.25, -0.2) is 19.0 Å². The quantitative estimate of drug-likeness (QED) is 0.108. The van der Waals surface area contributed by atoms with Gasteiger partial charge in [-0.2, -0.15) is 9.49 Å². The molecule has 0 spiro atoms. The smallest absolute Gasteiger partial charge is 0.310 e. The molecule has 258 valence electrons. The molecule has 0 unspecified atom stereocenters. The van der Waals surface area contributed by atoms with Crippen LogP contribution in [0.2, 0.25) is 0 Å². The number of hydrogen-bond donors (Lipinski definition) is 3. The summed E-state index contributed by atoms with van der Waals surface area (Å²) in [6, 6.07) is 1.76. The van der Waals surface area contributed by atoms with E-state index in [0.717, 1.165) is 69.9 Å². The standard InChI is InChI=1S/C31H37F2N7O4S.CH2O2/c1-2-43-22-10-8-21(9-11-22)35-15-24(27(34)28-23(32)12-13-26(33)39-28)37-29(41)25-17-45-30(38-25)20-14-36-40(16-20)18-44-31(42)19-6-4-3-5-7-19;2-1-3/h12-17,19,21-22H,2-11,18,34H2,1H3,(H,37,41);1H,(H,2,3)/b27-24+,35-15?;. The van der Waals surface area contributed by atoms with Gasteiger partial charge in [0.25, 0.3) is 12.4 Å². The molecule has 3 aromatic rings. The lowest BCUT2D eigenvalue weighted by Crippen LogP contribution is -2.28. The number of nitrogens with one attached hydrogen (secondary N) is 1. The molecule has 4 N–H and O–H groups in total. The topological polar surface area (TPSA) is 184 Å². The predicted octanol–water partition coefficient (Wildman–Crippen LogP) is 4.94. The molecule has 16 heteroatoms. The monoisotopic (exact) mass is 687 g/mol. The molecule has 2 aliphatic rings. The van der Waals surface area contributed by atoms with Crippen molar-refractivity contribution in [3.63, 3.8) is 0 Å². The molecule has 0 aromatic carbocycles. The van der Waals surface area contributed by atoms with E-state index in [0.29, 0.717) is 17.2 Å². The third kappa shape index (κ3) is 10.2. The molecule has 0 saturated heterocycles. The second-order valence-corrected chi connectivity index (χ2v) is 12.1. The van der Waals surface area contributed by atoms with Crippen LogP contribution in [-0.2, 0) is 25.8 Å². The molecular weight excluding hydrogens is 648 g/mol. The fourth-order valence-corrected chi connectivity index (χ4v) is 6.28. The Morgan fingerprint density at radius 1 is 1.15 bits per heavy atom. The first-order chi connectivity index (χ1) is 23.2. The first-order valence-corrected chi connectivity index (χ1v) is 16.6. The number of amides is 1. The molecule has 3 aromatic heterocycles. The molecule has 2 fully saturated rings. The molecular formula is C32H39F2N7O6S. The van der Waals surface area contributed by atoms with Gasteiger partial charge in [0.1, 0.15) is 16.4 Å². The Labute approximate surface area is 280 Å². The molecule has 13 nitrogen and oxygen atoms in total. The number of carbonyl (C=O) groups excluding carboxylic acids is 2. The minimum atomic E-state index is -0.917. The number of halogens is 2. The molecule has 0 bridgehead atoms. The van der Waals surface area contributed by atoms with Crippen molar-refractivity contribution in [1.82, 2.24) is 25.1 Å². The van der Waals surface area contributed by atoms with Crippen molar-refractivity contribution in [2.75, 3.05) is 6.61 Å². The SMILES string of the molecule is CCOC1CCC(N=C/C(NC(=O)c2csc(-c3cnn(COC(=O)C4CCCCC4)c3)n2)=C(\N)c2nc(F)ccc2F)CC1.O=CO. The van der Waals surface area contributed by atoms with Gasteiger partial charge >= 0.3 is 5.97 Å².